The van der Waals surface area contributed by atoms with Gasteiger partial charge in [-0.2, -0.15) is 0 Å². The predicted octanol–water partition coefficient (Wildman–Crippen LogP) is 2.42. The van der Waals surface area contributed by atoms with Gasteiger partial charge in [0.2, 0.25) is 0 Å². The van der Waals surface area contributed by atoms with Crippen molar-refractivity contribution in [2.24, 2.45) is 0 Å². The summed E-state index contributed by atoms with van der Waals surface area (Å²) >= 11 is 0. The summed E-state index contributed by atoms with van der Waals surface area (Å²) in [6.07, 6.45) is 2.41. The molecule has 0 aliphatic rings. The van der Waals surface area contributed by atoms with Crippen LogP contribution >= 0.6 is 0 Å². The molecule has 0 aromatic heterocycles. The van der Waals surface area contributed by atoms with E-state index in [1.807, 2.05) is 11.6 Å². The van der Waals surface area contributed by atoms with Gasteiger partial charge in [0.25, 0.3) is 21.6 Å². The fourth-order valence-corrected chi connectivity index (χ4v) is 2.77. The number of nitro benzene ring substituents is 1. The molecular weight excluding hydrogens is 332 g/mol. The topological polar surface area (TPSA) is 106 Å². The van der Waals surface area contributed by atoms with E-state index in [9.17, 15) is 23.3 Å². The first kappa shape index (κ1) is 17.4. The number of nitrogens with zero attached hydrogens (tertiary/aromatic N) is 1. The average Bonchev–Trinajstić information content (AvgIpc) is 2.53. The zero-order valence-corrected chi connectivity index (χ0v) is 13.5. The molecule has 0 fully saturated rings. The van der Waals surface area contributed by atoms with Gasteiger partial charge in [-0.1, -0.05) is 17.7 Å². The maximum atomic E-state index is 12.0. The summed E-state index contributed by atoms with van der Waals surface area (Å²) in [6.45, 7) is 1.82. The Hall–Kier alpha value is -3.00. The number of sulfonamides is 1. The van der Waals surface area contributed by atoms with Crippen molar-refractivity contribution in [3.63, 3.8) is 0 Å². The van der Waals surface area contributed by atoms with Crippen LogP contribution in [0.4, 0.5) is 5.69 Å². The molecule has 0 bridgehead atoms. The number of amides is 1. The highest BCUT2D eigenvalue weighted by atomic mass is 32.2. The van der Waals surface area contributed by atoms with Crippen molar-refractivity contribution in [1.82, 2.24) is 4.72 Å². The van der Waals surface area contributed by atoms with Gasteiger partial charge in [0.15, 0.2) is 0 Å². The highest BCUT2D eigenvalue weighted by Gasteiger charge is 2.15. The molecule has 8 heteroatoms. The van der Waals surface area contributed by atoms with Crippen LogP contribution < -0.4 is 4.72 Å². The average molecular weight is 346 g/mol. The minimum absolute atomic E-state index is 0.00909. The number of hydrogen-bond donors (Lipinski definition) is 1. The fourth-order valence-electron chi connectivity index (χ4n) is 1.82. The number of nitrogens with one attached hydrogen (secondary N) is 1. The van der Waals surface area contributed by atoms with Crippen LogP contribution in [0, 0.1) is 17.0 Å². The number of aryl methyl sites for hydroxylation is 1. The van der Waals surface area contributed by atoms with E-state index in [2.05, 4.69) is 0 Å². The minimum Gasteiger partial charge on any atom is -0.269 e. The van der Waals surface area contributed by atoms with Crippen LogP contribution in [0.5, 0.6) is 0 Å². The molecule has 2 aromatic rings. The maximum Gasteiger partial charge on any atom is 0.269 e. The Bertz CT molecular complexity index is 885. The summed E-state index contributed by atoms with van der Waals surface area (Å²) in [5.41, 5.74) is 1.36. The first-order chi connectivity index (χ1) is 11.3. The van der Waals surface area contributed by atoms with Crippen LogP contribution in [0.25, 0.3) is 6.08 Å². The third-order valence-corrected chi connectivity index (χ3v) is 4.46. The lowest BCUT2D eigenvalue weighted by Crippen LogP contribution is -2.28. The Morgan fingerprint density at radius 3 is 2.21 bits per heavy atom. The highest BCUT2D eigenvalue weighted by Crippen LogP contribution is 2.13. The van der Waals surface area contributed by atoms with Crippen molar-refractivity contribution in [2.45, 2.75) is 11.8 Å². The monoisotopic (exact) mass is 346 g/mol. The lowest BCUT2D eigenvalue weighted by molar-refractivity contribution is -0.384. The van der Waals surface area contributed by atoms with Gasteiger partial charge >= 0.3 is 0 Å². The molecule has 24 heavy (non-hydrogen) atoms. The molecule has 0 aliphatic heterocycles. The van der Waals surface area contributed by atoms with Gasteiger partial charge in [-0.15, -0.1) is 0 Å². The standard InChI is InChI=1S/C16H14N2O5S/c1-12-2-9-15(10-3-12)24(22,23)17-16(19)11-6-13-4-7-14(8-5-13)18(20)21/h2-11H,1H3,(H,17,19)/b11-6+. The van der Waals surface area contributed by atoms with E-state index in [4.69, 9.17) is 0 Å². The summed E-state index contributed by atoms with van der Waals surface area (Å²) in [6, 6.07) is 11.6. The van der Waals surface area contributed by atoms with Gasteiger partial charge in [0.1, 0.15) is 0 Å². The second-order valence-corrected chi connectivity index (χ2v) is 6.65. The van der Waals surface area contributed by atoms with Crippen molar-refractivity contribution in [3.8, 4) is 0 Å². The summed E-state index contributed by atoms with van der Waals surface area (Å²) < 4.78 is 26.0. The third kappa shape index (κ3) is 4.50. The highest BCUT2D eigenvalue weighted by molar-refractivity contribution is 7.90. The predicted molar refractivity (Wildman–Crippen MR) is 88.6 cm³/mol. The smallest absolute Gasteiger partial charge is 0.269 e. The second kappa shape index (κ2) is 7.05. The lowest BCUT2D eigenvalue weighted by atomic mass is 10.2. The fraction of sp³-hybridized carbons (Fsp3) is 0.0625. The Morgan fingerprint density at radius 1 is 1.08 bits per heavy atom. The third-order valence-electron chi connectivity index (χ3n) is 3.10. The molecular formula is C16H14N2O5S. The van der Waals surface area contributed by atoms with Crippen LogP contribution in [0.1, 0.15) is 11.1 Å². The van der Waals surface area contributed by atoms with Crippen LogP contribution in [0.2, 0.25) is 0 Å². The number of non-ortho nitro benzene ring substituents is 1. The number of carbonyl (C=O) groups is 1. The Labute approximate surface area is 138 Å². The maximum absolute atomic E-state index is 12.0. The van der Waals surface area contributed by atoms with Gasteiger partial charge in [0.05, 0.1) is 9.82 Å². The quantitative estimate of drug-likeness (QED) is 0.508. The molecule has 0 spiro atoms. The summed E-state index contributed by atoms with van der Waals surface area (Å²) in [4.78, 5) is 21.8. The summed E-state index contributed by atoms with van der Waals surface area (Å²) in [7, 11) is -3.94. The minimum atomic E-state index is -3.94. The molecule has 0 saturated heterocycles. The molecule has 0 atom stereocenters. The molecule has 0 saturated carbocycles. The van der Waals surface area contributed by atoms with E-state index in [1.54, 1.807) is 12.1 Å². The Balaban J connectivity index is 2.06. The van der Waals surface area contributed by atoms with Gasteiger partial charge in [-0.3, -0.25) is 14.9 Å². The Kier molecular flexibility index (Phi) is 5.10. The molecule has 1 amide bonds. The largest absolute Gasteiger partial charge is 0.269 e. The Morgan fingerprint density at radius 2 is 1.67 bits per heavy atom. The van der Waals surface area contributed by atoms with Crippen molar-refractivity contribution in [3.05, 3.63) is 75.8 Å². The molecule has 2 aromatic carbocycles. The molecule has 124 valence electrons. The molecule has 7 nitrogen and oxygen atoms in total. The molecule has 1 N–H and O–H groups in total. The molecule has 0 aliphatic carbocycles. The van der Waals surface area contributed by atoms with Gasteiger partial charge in [0, 0.05) is 18.2 Å². The molecule has 0 radical (unpaired) electrons. The number of rotatable bonds is 5. The van der Waals surface area contributed by atoms with E-state index in [0.29, 0.717) is 5.56 Å². The number of hydrogen-bond acceptors (Lipinski definition) is 5. The van der Waals surface area contributed by atoms with Crippen molar-refractivity contribution >= 4 is 27.7 Å². The van der Waals surface area contributed by atoms with Crippen LogP contribution in [0.3, 0.4) is 0 Å². The summed E-state index contributed by atoms with van der Waals surface area (Å²) in [5, 5.41) is 10.5. The number of benzene rings is 2. The van der Waals surface area contributed by atoms with Crippen LogP contribution in [-0.4, -0.2) is 19.2 Å². The van der Waals surface area contributed by atoms with Crippen LogP contribution in [-0.2, 0) is 14.8 Å². The van der Waals surface area contributed by atoms with Crippen molar-refractivity contribution in [2.75, 3.05) is 0 Å². The van der Waals surface area contributed by atoms with Gasteiger partial charge < -0.3 is 0 Å². The summed E-state index contributed by atoms with van der Waals surface area (Å²) in [5.74, 6) is -0.811. The van der Waals surface area contributed by atoms with E-state index >= 15 is 0 Å². The first-order valence-electron chi connectivity index (χ1n) is 6.84. The van der Waals surface area contributed by atoms with E-state index < -0.39 is 20.9 Å². The van der Waals surface area contributed by atoms with Gasteiger partial charge in [-0.05, 0) is 42.8 Å². The van der Waals surface area contributed by atoms with E-state index in [-0.39, 0.29) is 10.6 Å². The normalized spacial score (nSPS) is 11.4. The first-order valence-corrected chi connectivity index (χ1v) is 8.32. The zero-order chi connectivity index (χ0) is 17.7. The number of carbonyl (C=O) groups excluding carboxylic acids is 1. The van der Waals surface area contributed by atoms with E-state index in [0.717, 1.165) is 11.6 Å². The zero-order valence-electron chi connectivity index (χ0n) is 12.7. The van der Waals surface area contributed by atoms with Crippen LogP contribution in [0.15, 0.2) is 59.5 Å². The van der Waals surface area contributed by atoms with Crippen molar-refractivity contribution < 1.29 is 18.1 Å². The lowest BCUT2D eigenvalue weighted by Gasteiger charge is -2.05. The second-order valence-electron chi connectivity index (χ2n) is 4.96. The van der Waals surface area contributed by atoms with E-state index in [1.165, 1.54) is 42.5 Å². The van der Waals surface area contributed by atoms with Gasteiger partial charge in [-0.25, -0.2) is 13.1 Å². The SMILES string of the molecule is Cc1ccc(S(=O)(=O)NC(=O)/C=C/c2ccc([N+](=O)[O-])cc2)cc1. The molecule has 0 heterocycles. The molecule has 2 rings (SSSR count). The van der Waals surface area contributed by atoms with Crippen molar-refractivity contribution in [1.29, 1.82) is 0 Å². The number of nitro groups is 1. The molecule has 0 unspecified atom stereocenters.